The number of hydrogen-bond donors (Lipinski definition) is 1. The first-order valence-corrected chi connectivity index (χ1v) is 7.33. The molecule has 3 rings (SSSR count). The first kappa shape index (κ1) is 12.9. The number of benzene rings is 1. The van der Waals surface area contributed by atoms with E-state index in [4.69, 9.17) is 4.74 Å². The highest BCUT2D eigenvalue weighted by Gasteiger charge is 2.38. The fourth-order valence-corrected chi connectivity index (χ4v) is 3.62. The Morgan fingerprint density at radius 2 is 2.21 bits per heavy atom. The Labute approximate surface area is 115 Å². The Hall–Kier alpha value is -1.06. The Balaban J connectivity index is 1.86. The minimum atomic E-state index is 0.259. The van der Waals surface area contributed by atoms with Crippen LogP contribution in [0.25, 0.3) is 0 Å². The summed E-state index contributed by atoms with van der Waals surface area (Å²) in [5, 5.41) is 10.1. The summed E-state index contributed by atoms with van der Waals surface area (Å²) in [6.45, 7) is 6.07. The van der Waals surface area contributed by atoms with E-state index < -0.39 is 0 Å². The van der Waals surface area contributed by atoms with Crippen molar-refractivity contribution in [2.45, 2.75) is 51.3 Å². The molecule has 3 unspecified atom stereocenters. The summed E-state index contributed by atoms with van der Waals surface area (Å²) < 4.78 is 5.87. The maximum atomic E-state index is 10.1. The summed E-state index contributed by atoms with van der Waals surface area (Å²) in [7, 11) is 0. The van der Waals surface area contributed by atoms with Crippen LogP contribution in [0.4, 0.5) is 0 Å². The normalized spacial score (nSPS) is 29.2. The summed E-state index contributed by atoms with van der Waals surface area (Å²) in [6.07, 6.45) is 4.08. The van der Waals surface area contributed by atoms with E-state index in [1.54, 1.807) is 0 Å². The minimum Gasteiger partial charge on any atom is -0.508 e. The third-order valence-corrected chi connectivity index (χ3v) is 4.66. The summed E-state index contributed by atoms with van der Waals surface area (Å²) in [6, 6.07) is 6.68. The first-order valence-electron chi connectivity index (χ1n) is 7.33. The molecule has 1 aromatic carbocycles. The van der Waals surface area contributed by atoms with Crippen molar-refractivity contribution in [1.29, 1.82) is 0 Å². The molecule has 0 bridgehead atoms. The molecule has 1 saturated carbocycles. The number of phenols is 1. The van der Waals surface area contributed by atoms with E-state index in [1.807, 2.05) is 12.1 Å². The van der Waals surface area contributed by atoms with Crippen molar-refractivity contribution in [2.24, 2.45) is 0 Å². The van der Waals surface area contributed by atoms with Gasteiger partial charge in [0, 0.05) is 24.2 Å². The molecule has 2 fully saturated rings. The lowest BCUT2D eigenvalue weighted by molar-refractivity contribution is -0.0700. The Morgan fingerprint density at radius 1 is 1.37 bits per heavy atom. The topological polar surface area (TPSA) is 32.7 Å². The van der Waals surface area contributed by atoms with Crippen molar-refractivity contribution >= 4 is 0 Å². The highest BCUT2D eigenvalue weighted by atomic mass is 16.5. The van der Waals surface area contributed by atoms with E-state index in [2.05, 4.69) is 24.8 Å². The third-order valence-electron chi connectivity index (χ3n) is 4.66. The van der Waals surface area contributed by atoms with Crippen molar-refractivity contribution in [3.05, 3.63) is 29.3 Å². The molecule has 0 aromatic heterocycles. The van der Waals surface area contributed by atoms with Crippen molar-refractivity contribution in [2.75, 3.05) is 13.2 Å². The van der Waals surface area contributed by atoms with E-state index in [-0.39, 0.29) is 6.04 Å². The summed E-state index contributed by atoms with van der Waals surface area (Å²) in [5.74, 6) is 0.416. The largest absolute Gasteiger partial charge is 0.508 e. The molecule has 1 aliphatic heterocycles. The van der Waals surface area contributed by atoms with E-state index in [9.17, 15) is 5.11 Å². The van der Waals surface area contributed by atoms with Crippen LogP contribution in [0.5, 0.6) is 5.75 Å². The van der Waals surface area contributed by atoms with E-state index in [0.717, 1.165) is 18.7 Å². The quantitative estimate of drug-likeness (QED) is 0.888. The van der Waals surface area contributed by atoms with Gasteiger partial charge in [-0.3, -0.25) is 4.90 Å². The predicted octanol–water partition coefficient (Wildman–Crippen LogP) is 3.01. The van der Waals surface area contributed by atoms with E-state index >= 15 is 0 Å². The molecule has 3 heteroatoms. The Kier molecular flexibility index (Phi) is 3.50. The molecule has 3 nitrogen and oxygen atoms in total. The molecule has 0 amide bonds. The standard InChI is InChI=1S/C16H23NO2/c1-11-6-7-15(18)13(10-11)12(2)17-8-9-19-16-5-3-4-14(16)17/h6-7,10,12,14,16,18H,3-5,8-9H2,1-2H3. The van der Waals surface area contributed by atoms with Crippen LogP contribution < -0.4 is 0 Å². The highest BCUT2D eigenvalue weighted by molar-refractivity contribution is 5.38. The summed E-state index contributed by atoms with van der Waals surface area (Å²) in [5.41, 5.74) is 2.25. The number of morpholine rings is 1. The number of aryl methyl sites for hydroxylation is 1. The second-order valence-electron chi connectivity index (χ2n) is 5.88. The lowest BCUT2D eigenvalue weighted by Gasteiger charge is -2.41. The summed E-state index contributed by atoms with van der Waals surface area (Å²) in [4.78, 5) is 2.52. The van der Waals surface area contributed by atoms with Gasteiger partial charge in [0.05, 0.1) is 12.7 Å². The number of nitrogens with zero attached hydrogens (tertiary/aromatic N) is 1. The number of ether oxygens (including phenoxy) is 1. The van der Waals surface area contributed by atoms with Gasteiger partial charge >= 0.3 is 0 Å². The number of fused-ring (bicyclic) bond motifs is 1. The van der Waals surface area contributed by atoms with Crippen molar-refractivity contribution in [1.82, 2.24) is 4.90 Å². The van der Waals surface area contributed by atoms with Gasteiger partial charge in [-0.25, -0.2) is 0 Å². The van der Waals surface area contributed by atoms with Crippen LogP contribution in [0, 0.1) is 6.92 Å². The van der Waals surface area contributed by atoms with Crippen molar-refractivity contribution < 1.29 is 9.84 Å². The fourth-order valence-electron chi connectivity index (χ4n) is 3.62. The average molecular weight is 261 g/mol. The van der Waals surface area contributed by atoms with Gasteiger partial charge in [0.2, 0.25) is 0 Å². The Morgan fingerprint density at radius 3 is 3.05 bits per heavy atom. The monoisotopic (exact) mass is 261 g/mol. The van der Waals surface area contributed by atoms with Crippen LogP contribution in [-0.4, -0.2) is 35.3 Å². The van der Waals surface area contributed by atoms with Gasteiger partial charge in [-0.2, -0.15) is 0 Å². The van der Waals surface area contributed by atoms with Gasteiger partial charge < -0.3 is 9.84 Å². The molecule has 3 atom stereocenters. The molecule has 0 spiro atoms. The zero-order chi connectivity index (χ0) is 13.4. The van der Waals surface area contributed by atoms with Crippen LogP contribution in [0.15, 0.2) is 18.2 Å². The molecular weight excluding hydrogens is 238 g/mol. The molecule has 19 heavy (non-hydrogen) atoms. The van der Waals surface area contributed by atoms with E-state index in [0.29, 0.717) is 17.9 Å². The molecule has 1 aliphatic carbocycles. The minimum absolute atomic E-state index is 0.259. The highest BCUT2D eigenvalue weighted by Crippen LogP contribution is 2.37. The lowest BCUT2D eigenvalue weighted by Crippen LogP contribution is -2.49. The van der Waals surface area contributed by atoms with Gasteiger partial charge in [0.1, 0.15) is 5.75 Å². The number of phenolic OH excluding ortho intramolecular Hbond substituents is 1. The molecule has 104 valence electrons. The van der Waals surface area contributed by atoms with Gasteiger partial charge in [-0.05, 0) is 39.2 Å². The molecular formula is C16H23NO2. The molecule has 2 aliphatic rings. The molecule has 1 saturated heterocycles. The lowest BCUT2D eigenvalue weighted by atomic mass is 9.99. The third kappa shape index (κ3) is 2.37. The van der Waals surface area contributed by atoms with Gasteiger partial charge in [0.15, 0.2) is 0 Å². The fraction of sp³-hybridized carbons (Fsp3) is 0.625. The maximum absolute atomic E-state index is 10.1. The van der Waals surface area contributed by atoms with Gasteiger partial charge in [0.25, 0.3) is 0 Å². The SMILES string of the molecule is Cc1ccc(O)c(C(C)N2CCOC3CCCC32)c1. The number of hydrogen-bond acceptors (Lipinski definition) is 3. The van der Waals surface area contributed by atoms with Crippen LogP contribution in [-0.2, 0) is 4.74 Å². The van der Waals surface area contributed by atoms with Gasteiger partial charge in [-0.15, -0.1) is 0 Å². The van der Waals surface area contributed by atoms with E-state index in [1.165, 1.54) is 24.8 Å². The van der Waals surface area contributed by atoms with Crippen molar-refractivity contribution in [3.63, 3.8) is 0 Å². The molecule has 1 heterocycles. The average Bonchev–Trinajstić information content (AvgIpc) is 2.89. The van der Waals surface area contributed by atoms with Gasteiger partial charge in [-0.1, -0.05) is 17.7 Å². The molecule has 0 radical (unpaired) electrons. The predicted molar refractivity (Wildman–Crippen MR) is 75.3 cm³/mol. The number of aromatic hydroxyl groups is 1. The molecule has 1 N–H and O–H groups in total. The summed E-state index contributed by atoms with van der Waals surface area (Å²) >= 11 is 0. The van der Waals surface area contributed by atoms with Crippen LogP contribution in [0.3, 0.4) is 0 Å². The van der Waals surface area contributed by atoms with Crippen LogP contribution >= 0.6 is 0 Å². The maximum Gasteiger partial charge on any atom is 0.120 e. The van der Waals surface area contributed by atoms with Crippen molar-refractivity contribution in [3.8, 4) is 5.75 Å². The first-order chi connectivity index (χ1) is 9.16. The number of rotatable bonds is 2. The zero-order valence-corrected chi connectivity index (χ0v) is 11.8. The molecule has 1 aromatic rings. The second-order valence-corrected chi connectivity index (χ2v) is 5.88. The van der Waals surface area contributed by atoms with Crippen LogP contribution in [0.2, 0.25) is 0 Å². The smallest absolute Gasteiger partial charge is 0.120 e. The van der Waals surface area contributed by atoms with Crippen LogP contribution in [0.1, 0.15) is 43.4 Å². The Bertz CT molecular complexity index is 460. The second kappa shape index (κ2) is 5.14. The zero-order valence-electron chi connectivity index (χ0n) is 11.8.